The third-order valence-electron chi connectivity index (χ3n) is 6.12. The molecule has 1 N–H and O–H groups in total. The molecule has 0 bridgehead atoms. The van der Waals surface area contributed by atoms with Gasteiger partial charge in [-0.2, -0.15) is 0 Å². The number of allylic oxidation sites excluding steroid dienone is 3. The van der Waals surface area contributed by atoms with Crippen LogP contribution in [0.4, 0.5) is 0 Å². The van der Waals surface area contributed by atoms with Gasteiger partial charge < -0.3 is 14.8 Å². The predicted octanol–water partition coefficient (Wildman–Crippen LogP) is 5.04. The topological polar surface area (TPSA) is 64.6 Å². The van der Waals surface area contributed by atoms with E-state index in [1.165, 1.54) is 0 Å². The second kappa shape index (κ2) is 8.65. The summed E-state index contributed by atoms with van der Waals surface area (Å²) in [6, 6.07) is 17.1. The first-order valence-corrected chi connectivity index (χ1v) is 10.9. The standard InChI is InChI=1S/C27H29NO4/c1-17-23(26(30)32-16-18-10-6-5-7-11-18)24(19-12-8-9-13-22(19)31-4)25-20(28-17)14-27(2,3)15-21(25)29/h5-13,24,28H,14-16H2,1-4H3/t24-/m1/s1. The second-order valence-corrected chi connectivity index (χ2v) is 9.23. The van der Waals surface area contributed by atoms with Crippen molar-refractivity contribution in [2.75, 3.05) is 7.11 Å². The van der Waals surface area contributed by atoms with Crippen LogP contribution >= 0.6 is 0 Å². The van der Waals surface area contributed by atoms with E-state index < -0.39 is 11.9 Å². The molecule has 1 heterocycles. The van der Waals surface area contributed by atoms with Gasteiger partial charge in [0.15, 0.2) is 5.78 Å². The van der Waals surface area contributed by atoms with Gasteiger partial charge >= 0.3 is 5.97 Å². The molecule has 166 valence electrons. The molecule has 0 saturated carbocycles. The number of hydrogen-bond donors (Lipinski definition) is 1. The molecule has 1 aliphatic carbocycles. The van der Waals surface area contributed by atoms with E-state index in [9.17, 15) is 9.59 Å². The van der Waals surface area contributed by atoms with Crippen LogP contribution in [0.3, 0.4) is 0 Å². The molecule has 0 spiro atoms. The number of benzene rings is 2. The fourth-order valence-electron chi connectivity index (χ4n) is 4.72. The minimum atomic E-state index is -0.533. The van der Waals surface area contributed by atoms with E-state index in [1.807, 2.05) is 61.5 Å². The van der Waals surface area contributed by atoms with Gasteiger partial charge in [0.25, 0.3) is 0 Å². The molecule has 0 amide bonds. The Labute approximate surface area is 189 Å². The summed E-state index contributed by atoms with van der Waals surface area (Å²) in [4.78, 5) is 26.7. The summed E-state index contributed by atoms with van der Waals surface area (Å²) in [5.74, 6) is -0.265. The lowest BCUT2D eigenvalue weighted by Gasteiger charge is -2.39. The molecule has 0 fully saturated rings. The number of Topliss-reactive ketones (excluding diaryl/α,β-unsaturated/α-hetero) is 1. The van der Waals surface area contributed by atoms with E-state index >= 15 is 0 Å². The summed E-state index contributed by atoms with van der Waals surface area (Å²) in [5, 5.41) is 3.37. The average Bonchev–Trinajstić information content (AvgIpc) is 2.76. The molecule has 32 heavy (non-hydrogen) atoms. The Balaban J connectivity index is 1.77. The maximum atomic E-state index is 13.4. The highest BCUT2D eigenvalue weighted by Crippen LogP contribution is 2.48. The van der Waals surface area contributed by atoms with E-state index in [2.05, 4.69) is 19.2 Å². The number of ether oxygens (including phenoxy) is 2. The van der Waals surface area contributed by atoms with Crippen LogP contribution in [0.5, 0.6) is 5.75 Å². The van der Waals surface area contributed by atoms with Gasteiger partial charge in [0.2, 0.25) is 0 Å². The number of carbonyl (C=O) groups excluding carboxylic acids is 2. The average molecular weight is 432 g/mol. The summed E-state index contributed by atoms with van der Waals surface area (Å²) >= 11 is 0. The van der Waals surface area contributed by atoms with Gasteiger partial charge in [-0.3, -0.25) is 4.79 Å². The Bertz CT molecular complexity index is 1110. The van der Waals surface area contributed by atoms with Crippen molar-refractivity contribution in [2.45, 2.75) is 46.1 Å². The van der Waals surface area contributed by atoms with Crippen molar-refractivity contribution in [3.8, 4) is 5.75 Å². The van der Waals surface area contributed by atoms with Gasteiger partial charge in [-0.15, -0.1) is 0 Å². The van der Waals surface area contributed by atoms with Crippen molar-refractivity contribution in [1.29, 1.82) is 0 Å². The van der Waals surface area contributed by atoms with Crippen LogP contribution in [0.15, 0.2) is 77.1 Å². The Morgan fingerprint density at radius 1 is 1.06 bits per heavy atom. The number of hydrogen-bond acceptors (Lipinski definition) is 5. The third kappa shape index (κ3) is 4.20. The van der Waals surface area contributed by atoms with E-state index in [0.717, 1.165) is 23.2 Å². The Morgan fingerprint density at radius 2 is 1.75 bits per heavy atom. The molecule has 4 rings (SSSR count). The van der Waals surface area contributed by atoms with Gasteiger partial charge in [-0.25, -0.2) is 4.79 Å². The number of para-hydroxylation sites is 1. The first kappa shape index (κ1) is 21.9. The number of esters is 1. The second-order valence-electron chi connectivity index (χ2n) is 9.23. The lowest BCUT2D eigenvalue weighted by Crippen LogP contribution is -2.38. The fraction of sp³-hybridized carbons (Fsp3) is 0.333. The molecule has 2 aliphatic rings. The quantitative estimate of drug-likeness (QED) is 0.672. The van der Waals surface area contributed by atoms with E-state index in [1.54, 1.807) is 7.11 Å². The zero-order valence-corrected chi connectivity index (χ0v) is 19.0. The van der Waals surface area contributed by atoms with Crippen molar-refractivity contribution < 1.29 is 19.1 Å². The maximum Gasteiger partial charge on any atom is 0.337 e. The smallest absolute Gasteiger partial charge is 0.337 e. The summed E-state index contributed by atoms with van der Waals surface area (Å²) in [5.41, 5.74) is 4.26. The molecule has 0 radical (unpaired) electrons. The Morgan fingerprint density at radius 3 is 2.47 bits per heavy atom. The molecule has 5 nitrogen and oxygen atoms in total. The number of dihydropyridines is 1. The molecule has 2 aromatic rings. The number of nitrogens with one attached hydrogen (secondary N) is 1. The fourth-order valence-corrected chi connectivity index (χ4v) is 4.72. The molecule has 1 atom stereocenters. The SMILES string of the molecule is COc1ccccc1[C@@H]1C(C(=O)OCc2ccccc2)=C(C)NC2=C1C(=O)CC(C)(C)C2. The van der Waals surface area contributed by atoms with E-state index in [0.29, 0.717) is 29.0 Å². The molecular formula is C27H29NO4. The summed E-state index contributed by atoms with van der Waals surface area (Å²) in [6.07, 6.45) is 1.17. The van der Waals surface area contributed by atoms with Crippen molar-refractivity contribution in [3.63, 3.8) is 0 Å². The van der Waals surface area contributed by atoms with Crippen molar-refractivity contribution in [1.82, 2.24) is 5.32 Å². The highest BCUT2D eigenvalue weighted by Gasteiger charge is 2.43. The summed E-state index contributed by atoms with van der Waals surface area (Å²) < 4.78 is 11.3. The lowest BCUT2D eigenvalue weighted by atomic mass is 9.68. The number of ketones is 1. The number of carbonyl (C=O) groups is 2. The molecule has 1 aliphatic heterocycles. The lowest BCUT2D eigenvalue weighted by molar-refractivity contribution is -0.140. The number of rotatable bonds is 5. The normalized spacial score (nSPS) is 19.9. The van der Waals surface area contributed by atoms with Crippen LogP contribution in [-0.2, 0) is 20.9 Å². The number of methoxy groups -OCH3 is 1. The van der Waals surface area contributed by atoms with Crippen LogP contribution < -0.4 is 10.1 Å². The zero-order chi connectivity index (χ0) is 22.9. The van der Waals surface area contributed by atoms with Crippen LogP contribution in [-0.4, -0.2) is 18.9 Å². The van der Waals surface area contributed by atoms with Gasteiger partial charge in [0.1, 0.15) is 12.4 Å². The van der Waals surface area contributed by atoms with Crippen molar-refractivity contribution in [2.24, 2.45) is 5.41 Å². The van der Waals surface area contributed by atoms with Gasteiger partial charge in [0.05, 0.1) is 18.6 Å². The van der Waals surface area contributed by atoms with Crippen LogP contribution in [0.2, 0.25) is 0 Å². The maximum absolute atomic E-state index is 13.4. The van der Waals surface area contributed by atoms with Gasteiger partial charge in [0, 0.05) is 29.0 Å². The highest BCUT2D eigenvalue weighted by molar-refractivity contribution is 6.04. The van der Waals surface area contributed by atoms with Crippen molar-refractivity contribution in [3.05, 3.63) is 88.3 Å². The largest absolute Gasteiger partial charge is 0.496 e. The summed E-state index contributed by atoms with van der Waals surface area (Å²) in [7, 11) is 1.60. The highest BCUT2D eigenvalue weighted by atomic mass is 16.5. The minimum absolute atomic E-state index is 0.0560. The molecule has 0 unspecified atom stereocenters. The third-order valence-corrected chi connectivity index (χ3v) is 6.12. The predicted molar refractivity (Wildman–Crippen MR) is 123 cm³/mol. The van der Waals surface area contributed by atoms with Crippen molar-refractivity contribution >= 4 is 11.8 Å². The Hall–Kier alpha value is -3.34. The minimum Gasteiger partial charge on any atom is -0.496 e. The molecule has 0 saturated heterocycles. The summed E-state index contributed by atoms with van der Waals surface area (Å²) in [6.45, 7) is 6.23. The first-order chi connectivity index (χ1) is 15.3. The van der Waals surface area contributed by atoms with Gasteiger partial charge in [-0.05, 0) is 30.4 Å². The molecule has 2 aromatic carbocycles. The van der Waals surface area contributed by atoms with Crippen LogP contribution in [0, 0.1) is 5.41 Å². The molecule has 0 aromatic heterocycles. The molecular weight excluding hydrogens is 402 g/mol. The van der Waals surface area contributed by atoms with Crippen LogP contribution in [0.1, 0.15) is 50.7 Å². The zero-order valence-electron chi connectivity index (χ0n) is 19.0. The van der Waals surface area contributed by atoms with Crippen LogP contribution in [0.25, 0.3) is 0 Å². The monoisotopic (exact) mass is 431 g/mol. The molecule has 5 heteroatoms. The van der Waals surface area contributed by atoms with E-state index in [-0.39, 0.29) is 17.8 Å². The Kier molecular flexibility index (Phi) is 5.92. The van der Waals surface area contributed by atoms with E-state index in [4.69, 9.17) is 9.47 Å². The van der Waals surface area contributed by atoms with Gasteiger partial charge in [-0.1, -0.05) is 62.4 Å². The first-order valence-electron chi connectivity index (χ1n) is 10.9.